The van der Waals surface area contributed by atoms with Crippen LogP contribution < -0.4 is 5.32 Å². The van der Waals surface area contributed by atoms with Gasteiger partial charge in [-0.05, 0) is 13.3 Å². The van der Waals surface area contributed by atoms with Crippen LogP contribution in [0.25, 0.3) is 0 Å². The molecule has 3 nitrogen and oxygen atoms in total. The average Bonchev–Trinajstić information content (AvgIpc) is 2.04. The molecule has 0 spiro atoms. The molecule has 0 radical (unpaired) electrons. The van der Waals surface area contributed by atoms with Gasteiger partial charge in [0.05, 0.1) is 11.9 Å². The maximum atomic E-state index is 5.66. The summed E-state index contributed by atoms with van der Waals surface area (Å²) in [5.41, 5.74) is 0.921. The molecule has 1 aromatic rings. The third-order valence-electron chi connectivity index (χ3n) is 1.65. The Labute approximate surface area is 77.2 Å². The molecule has 1 heterocycles. The van der Waals surface area contributed by atoms with E-state index < -0.39 is 0 Å². The van der Waals surface area contributed by atoms with Crippen molar-refractivity contribution in [2.24, 2.45) is 0 Å². The van der Waals surface area contributed by atoms with E-state index in [0.717, 1.165) is 12.1 Å². The minimum Gasteiger partial charge on any atom is -0.381 e. The van der Waals surface area contributed by atoms with Crippen molar-refractivity contribution in [1.29, 1.82) is 0 Å². The summed E-state index contributed by atoms with van der Waals surface area (Å²) >= 11 is 5.66. The molecule has 1 unspecified atom stereocenters. The zero-order valence-electron chi connectivity index (χ0n) is 7.21. The maximum Gasteiger partial charge on any atom is 0.153 e. The lowest BCUT2D eigenvalue weighted by molar-refractivity contribution is 0.762. The van der Waals surface area contributed by atoms with Crippen molar-refractivity contribution in [2.75, 3.05) is 5.32 Å². The quantitative estimate of drug-likeness (QED) is 0.786. The number of nitrogens with zero attached hydrogens (tertiary/aromatic N) is 2. The summed E-state index contributed by atoms with van der Waals surface area (Å²) in [7, 11) is 0. The van der Waals surface area contributed by atoms with E-state index in [2.05, 4.69) is 29.4 Å². The van der Waals surface area contributed by atoms with Gasteiger partial charge in [-0.25, -0.2) is 0 Å². The van der Waals surface area contributed by atoms with Gasteiger partial charge < -0.3 is 5.32 Å². The largest absolute Gasteiger partial charge is 0.381 e. The Morgan fingerprint density at radius 1 is 1.67 bits per heavy atom. The number of aromatic nitrogens is 2. The molecule has 0 saturated heterocycles. The van der Waals surface area contributed by atoms with E-state index in [4.69, 9.17) is 11.6 Å². The van der Waals surface area contributed by atoms with Gasteiger partial charge in [-0.3, -0.25) is 0 Å². The number of anilines is 1. The fraction of sp³-hybridized carbons (Fsp3) is 0.500. The number of halogens is 1. The Balaban J connectivity index is 2.63. The van der Waals surface area contributed by atoms with Gasteiger partial charge >= 0.3 is 0 Å². The first-order chi connectivity index (χ1) is 5.72. The zero-order chi connectivity index (χ0) is 8.97. The first-order valence-electron chi connectivity index (χ1n) is 3.97. The van der Waals surface area contributed by atoms with Crippen LogP contribution in [0.1, 0.15) is 20.3 Å². The van der Waals surface area contributed by atoms with E-state index in [1.807, 2.05) is 0 Å². The highest BCUT2D eigenvalue weighted by Gasteiger charge is 1.99. The van der Waals surface area contributed by atoms with Gasteiger partial charge in [-0.1, -0.05) is 18.5 Å². The van der Waals surface area contributed by atoms with E-state index in [0.29, 0.717) is 11.2 Å². The summed E-state index contributed by atoms with van der Waals surface area (Å²) in [6, 6.07) is 2.20. The molecule has 4 heteroatoms. The molecular weight excluding hydrogens is 174 g/mol. The molecular formula is C8H12ClN3. The highest BCUT2D eigenvalue weighted by atomic mass is 35.5. The summed E-state index contributed by atoms with van der Waals surface area (Å²) < 4.78 is 0. The zero-order valence-corrected chi connectivity index (χ0v) is 7.97. The average molecular weight is 186 g/mol. The van der Waals surface area contributed by atoms with Gasteiger partial charge in [-0.15, -0.1) is 5.10 Å². The van der Waals surface area contributed by atoms with Crippen molar-refractivity contribution in [3.05, 3.63) is 17.4 Å². The first kappa shape index (κ1) is 9.26. The van der Waals surface area contributed by atoms with Gasteiger partial charge in [0, 0.05) is 12.1 Å². The predicted octanol–water partition coefficient (Wildman–Crippen LogP) is 2.34. The Bertz CT molecular complexity index is 252. The Morgan fingerprint density at radius 3 is 3.00 bits per heavy atom. The molecule has 66 valence electrons. The second-order valence-electron chi connectivity index (χ2n) is 2.72. The molecule has 1 aromatic heterocycles. The van der Waals surface area contributed by atoms with Crippen molar-refractivity contribution in [2.45, 2.75) is 26.3 Å². The topological polar surface area (TPSA) is 37.8 Å². The summed E-state index contributed by atoms with van der Waals surface area (Å²) in [4.78, 5) is 0. The lowest BCUT2D eigenvalue weighted by atomic mass is 10.2. The second kappa shape index (κ2) is 4.26. The highest BCUT2D eigenvalue weighted by molar-refractivity contribution is 6.29. The summed E-state index contributed by atoms with van der Waals surface area (Å²) in [5, 5.41) is 11.0. The van der Waals surface area contributed by atoms with Crippen LogP contribution in [0.4, 0.5) is 5.69 Å². The van der Waals surface area contributed by atoms with E-state index in [1.165, 1.54) is 0 Å². The van der Waals surface area contributed by atoms with Crippen molar-refractivity contribution in [3.8, 4) is 0 Å². The van der Waals surface area contributed by atoms with Crippen LogP contribution in [0.3, 0.4) is 0 Å². The molecule has 0 bridgehead atoms. The third kappa shape index (κ3) is 2.66. The predicted molar refractivity (Wildman–Crippen MR) is 50.4 cm³/mol. The Hall–Kier alpha value is -0.830. The molecule has 12 heavy (non-hydrogen) atoms. The van der Waals surface area contributed by atoms with Crippen LogP contribution >= 0.6 is 11.6 Å². The number of hydrogen-bond acceptors (Lipinski definition) is 3. The molecule has 0 amide bonds. The molecule has 1 N–H and O–H groups in total. The minimum atomic E-state index is 0.420. The van der Waals surface area contributed by atoms with Crippen molar-refractivity contribution in [1.82, 2.24) is 10.2 Å². The number of hydrogen-bond donors (Lipinski definition) is 1. The van der Waals surface area contributed by atoms with E-state index >= 15 is 0 Å². The molecule has 0 aliphatic carbocycles. The Kier molecular flexibility index (Phi) is 3.29. The lowest BCUT2D eigenvalue weighted by Crippen LogP contribution is -2.13. The van der Waals surface area contributed by atoms with Gasteiger partial charge in [0.15, 0.2) is 5.15 Å². The van der Waals surface area contributed by atoms with E-state index in [9.17, 15) is 0 Å². The van der Waals surface area contributed by atoms with Crippen LogP contribution in [0.15, 0.2) is 12.3 Å². The van der Waals surface area contributed by atoms with Crippen LogP contribution in [0.2, 0.25) is 5.15 Å². The van der Waals surface area contributed by atoms with E-state index in [1.54, 1.807) is 12.3 Å². The monoisotopic (exact) mass is 185 g/mol. The molecule has 1 rings (SSSR count). The first-order valence-corrected chi connectivity index (χ1v) is 4.35. The van der Waals surface area contributed by atoms with Crippen molar-refractivity contribution < 1.29 is 0 Å². The molecule has 0 aromatic carbocycles. The summed E-state index contributed by atoms with van der Waals surface area (Å²) in [6.07, 6.45) is 2.73. The van der Waals surface area contributed by atoms with Crippen LogP contribution in [-0.4, -0.2) is 16.2 Å². The highest BCUT2D eigenvalue weighted by Crippen LogP contribution is 2.11. The Morgan fingerprint density at radius 2 is 2.42 bits per heavy atom. The van der Waals surface area contributed by atoms with Gasteiger partial charge in [-0.2, -0.15) is 5.10 Å². The molecule has 0 aliphatic rings. The summed E-state index contributed by atoms with van der Waals surface area (Å²) in [6.45, 7) is 4.22. The SMILES string of the molecule is CCC(C)Nc1cnnc(Cl)c1. The molecule has 0 saturated carbocycles. The number of nitrogens with one attached hydrogen (secondary N) is 1. The van der Waals surface area contributed by atoms with Crippen LogP contribution in [0, 0.1) is 0 Å². The maximum absolute atomic E-state index is 5.66. The lowest BCUT2D eigenvalue weighted by Gasteiger charge is -2.11. The standard InChI is InChI=1S/C8H12ClN3/c1-3-6(2)11-7-4-8(9)12-10-5-7/h4-6H,3H2,1-2H3,(H,11,12). The van der Waals surface area contributed by atoms with Gasteiger partial charge in [0.2, 0.25) is 0 Å². The van der Waals surface area contributed by atoms with Gasteiger partial charge in [0.25, 0.3) is 0 Å². The van der Waals surface area contributed by atoms with E-state index in [-0.39, 0.29) is 0 Å². The molecule has 1 atom stereocenters. The summed E-state index contributed by atoms with van der Waals surface area (Å²) in [5.74, 6) is 0. The fourth-order valence-electron chi connectivity index (χ4n) is 0.806. The van der Waals surface area contributed by atoms with Crippen LogP contribution in [0.5, 0.6) is 0 Å². The van der Waals surface area contributed by atoms with Crippen LogP contribution in [-0.2, 0) is 0 Å². The normalized spacial score (nSPS) is 12.6. The van der Waals surface area contributed by atoms with Crippen molar-refractivity contribution >= 4 is 17.3 Å². The third-order valence-corrected chi connectivity index (χ3v) is 1.83. The fourth-order valence-corrected chi connectivity index (χ4v) is 0.967. The smallest absolute Gasteiger partial charge is 0.153 e. The molecule has 0 aliphatic heterocycles. The molecule has 0 fully saturated rings. The number of rotatable bonds is 3. The van der Waals surface area contributed by atoms with Gasteiger partial charge in [0.1, 0.15) is 0 Å². The van der Waals surface area contributed by atoms with Crippen molar-refractivity contribution in [3.63, 3.8) is 0 Å². The second-order valence-corrected chi connectivity index (χ2v) is 3.11. The minimum absolute atomic E-state index is 0.420.